The van der Waals surface area contributed by atoms with Crippen LogP contribution in [-0.2, 0) is 65.4 Å². The van der Waals surface area contributed by atoms with E-state index >= 15 is 0 Å². The number of carbonyl (C=O) groups is 4. The molecule has 0 aliphatic carbocycles. The topological polar surface area (TPSA) is 237 Å². The minimum Gasteiger partial charge on any atom is -0.462 e. The van der Waals surface area contributed by atoms with E-state index in [2.05, 4.69) is 65.8 Å². The van der Waals surface area contributed by atoms with Gasteiger partial charge in [-0.1, -0.05) is 316 Å². The molecule has 0 aliphatic rings. The van der Waals surface area contributed by atoms with Gasteiger partial charge in [0, 0.05) is 25.7 Å². The number of hydrogen-bond acceptors (Lipinski definition) is 15. The largest absolute Gasteiger partial charge is 0.472 e. The molecule has 2 unspecified atom stereocenters. The zero-order valence-corrected chi connectivity index (χ0v) is 63.2. The number of esters is 4. The van der Waals surface area contributed by atoms with Crippen LogP contribution in [0.1, 0.15) is 369 Å². The van der Waals surface area contributed by atoms with E-state index < -0.39 is 97.5 Å². The fourth-order valence-electron chi connectivity index (χ4n) is 11.1. The quantitative estimate of drug-likeness (QED) is 0.0169. The summed E-state index contributed by atoms with van der Waals surface area (Å²) in [5.74, 6) is -0.560. The van der Waals surface area contributed by atoms with Crippen LogP contribution in [0.2, 0.25) is 0 Å². The van der Waals surface area contributed by atoms with E-state index in [9.17, 15) is 43.2 Å². The summed E-state index contributed by atoms with van der Waals surface area (Å²) in [4.78, 5) is 72.5. The van der Waals surface area contributed by atoms with Gasteiger partial charge in [0.25, 0.3) is 0 Å². The molecule has 0 aliphatic heterocycles. The first-order chi connectivity index (χ1) is 45.9. The number of rotatable bonds is 73. The molecule has 0 radical (unpaired) electrons. The van der Waals surface area contributed by atoms with Crippen LogP contribution in [0, 0.1) is 11.8 Å². The summed E-state index contributed by atoms with van der Waals surface area (Å²) in [7, 11) is -9.91. The number of unbranched alkanes of at least 4 members (excludes halogenated alkanes) is 40. The zero-order chi connectivity index (χ0) is 70.0. The van der Waals surface area contributed by atoms with Crippen molar-refractivity contribution in [3.05, 3.63) is 24.3 Å². The van der Waals surface area contributed by atoms with E-state index in [1.165, 1.54) is 167 Å². The number of aliphatic hydroxyl groups excluding tert-OH is 1. The first-order valence-corrected chi connectivity index (χ1v) is 41.8. The van der Waals surface area contributed by atoms with Crippen LogP contribution in [0.3, 0.4) is 0 Å². The highest BCUT2D eigenvalue weighted by Crippen LogP contribution is 2.45. The van der Waals surface area contributed by atoms with E-state index in [1.54, 1.807) is 0 Å². The van der Waals surface area contributed by atoms with Gasteiger partial charge in [-0.15, -0.1) is 0 Å². The number of hydrogen-bond donors (Lipinski definition) is 3. The summed E-state index contributed by atoms with van der Waals surface area (Å²) >= 11 is 0. The van der Waals surface area contributed by atoms with E-state index in [4.69, 9.17) is 37.0 Å². The molecule has 0 aromatic rings. The van der Waals surface area contributed by atoms with E-state index in [0.717, 1.165) is 121 Å². The van der Waals surface area contributed by atoms with Crippen molar-refractivity contribution in [1.29, 1.82) is 0 Å². The molecule has 17 nitrogen and oxygen atoms in total. The van der Waals surface area contributed by atoms with Crippen LogP contribution in [0.15, 0.2) is 24.3 Å². The van der Waals surface area contributed by atoms with E-state index in [0.29, 0.717) is 25.7 Å². The molecule has 0 rings (SSSR count). The molecule has 560 valence electrons. The fraction of sp³-hybridized carbons (Fsp3) is 0.895. The molecule has 0 saturated heterocycles. The van der Waals surface area contributed by atoms with Crippen LogP contribution in [0.4, 0.5) is 0 Å². The van der Waals surface area contributed by atoms with Crippen LogP contribution < -0.4 is 0 Å². The van der Waals surface area contributed by atoms with Gasteiger partial charge in [-0.25, -0.2) is 9.13 Å². The maximum atomic E-state index is 13.1. The Balaban J connectivity index is 5.17. The molecule has 0 fully saturated rings. The minimum absolute atomic E-state index is 0.0841. The first kappa shape index (κ1) is 92.5. The summed E-state index contributed by atoms with van der Waals surface area (Å²) in [6.07, 6.45) is 58.1. The number of aliphatic hydroxyl groups is 1. The normalized spacial score (nSPS) is 14.2. The highest BCUT2D eigenvalue weighted by Gasteiger charge is 2.30. The van der Waals surface area contributed by atoms with Crippen molar-refractivity contribution in [3.63, 3.8) is 0 Å². The van der Waals surface area contributed by atoms with Gasteiger partial charge in [-0.05, 0) is 63.2 Å². The van der Waals surface area contributed by atoms with Crippen molar-refractivity contribution in [1.82, 2.24) is 0 Å². The van der Waals surface area contributed by atoms with Crippen LogP contribution in [0.5, 0.6) is 0 Å². The molecule has 0 aromatic carbocycles. The molecular formula is C76H144O17P2. The smallest absolute Gasteiger partial charge is 0.462 e. The van der Waals surface area contributed by atoms with E-state index in [-0.39, 0.29) is 25.7 Å². The monoisotopic (exact) mass is 1390 g/mol. The molecule has 95 heavy (non-hydrogen) atoms. The average Bonchev–Trinajstić information content (AvgIpc) is 1.39. The van der Waals surface area contributed by atoms with Crippen molar-refractivity contribution in [3.8, 4) is 0 Å². The van der Waals surface area contributed by atoms with Crippen molar-refractivity contribution >= 4 is 39.5 Å². The first-order valence-electron chi connectivity index (χ1n) is 38.8. The number of carbonyl (C=O) groups excluding carboxylic acids is 4. The Bertz CT molecular complexity index is 1930. The van der Waals surface area contributed by atoms with Crippen molar-refractivity contribution < 1.29 is 80.2 Å². The lowest BCUT2D eigenvalue weighted by atomic mass is 10.0. The Kier molecular flexibility index (Phi) is 65.6. The third-order valence-electron chi connectivity index (χ3n) is 17.1. The second kappa shape index (κ2) is 67.4. The predicted molar refractivity (Wildman–Crippen MR) is 386 cm³/mol. The SMILES string of the molecule is CCCCCC/C=C\C=C/CCCCCCCC(=O)O[C@H](COC(=O)CCCCCCC)COP(=O)(O)OC[C@H](O)COP(=O)(O)OC[C@@H](COC(=O)CCCCCCCCCCCCCCCC(C)C)OC(=O)CCCCCCCCCCCCCCCCCCC(C)C. The Labute approximate surface area is 580 Å². The third-order valence-corrected chi connectivity index (χ3v) is 19.0. The van der Waals surface area contributed by atoms with Crippen LogP contribution in [0.25, 0.3) is 0 Å². The van der Waals surface area contributed by atoms with Gasteiger partial charge in [-0.2, -0.15) is 0 Å². The summed E-state index contributed by atoms with van der Waals surface area (Å²) < 4.78 is 68.3. The van der Waals surface area contributed by atoms with Crippen LogP contribution >= 0.6 is 15.6 Å². The third kappa shape index (κ3) is 69.8. The maximum absolute atomic E-state index is 13.1. The van der Waals surface area contributed by atoms with Gasteiger partial charge < -0.3 is 33.8 Å². The second-order valence-electron chi connectivity index (χ2n) is 27.7. The predicted octanol–water partition coefficient (Wildman–Crippen LogP) is 21.9. The highest BCUT2D eigenvalue weighted by molar-refractivity contribution is 7.47. The summed E-state index contributed by atoms with van der Waals surface area (Å²) in [5.41, 5.74) is 0. The average molecular weight is 1390 g/mol. The standard InChI is InChI=1S/C76H144O17P2/c1-7-9-11-13-14-15-16-17-20-26-32-37-42-48-54-60-75(80)92-71(64-86-73(78)58-52-44-12-10-8-2)66-90-94(82,83)88-62-70(77)63-89-95(84,85)91-67-72(65-87-74(79)59-53-47-41-36-31-28-23-25-30-35-40-46-51-57-69(5)6)93-76(81)61-55-49-43-38-33-27-22-19-18-21-24-29-34-39-45-50-56-68(3)4/h15-17,20,68-72,77H,7-14,18-19,21-67H2,1-6H3,(H,82,83)(H,84,85)/b16-15-,20-17-/t70-,71+,72+/m0/s1. The molecule has 3 N–H and O–H groups in total. The van der Waals surface area contributed by atoms with Gasteiger partial charge in [0.05, 0.1) is 26.4 Å². The van der Waals surface area contributed by atoms with Gasteiger partial charge in [0.1, 0.15) is 19.3 Å². The lowest BCUT2D eigenvalue weighted by Gasteiger charge is -2.21. The number of ether oxygens (including phenoxy) is 4. The molecule has 0 bridgehead atoms. The molecule has 0 amide bonds. The Morgan fingerprint density at radius 3 is 0.863 bits per heavy atom. The molecule has 0 saturated carbocycles. The summed E-state index contributed by atoms with van der Waals surface area (Å²) in [6.45, 7) is 9.49. The molecular weight excluding hydrogens is 1250 g/mol. The number of phosphoric ester groups is 2. The van der Waals surface area contributed by atoms with Gasteiger partial charge in [0.2, 0.25) is 0 Å². The Hall–Kier alpha value is -2.46. The summed E-state index contributed by atoms with van der Waals surface area (Å²) in [5, 5.41) is 10.6. The molecule has 5 atom stereocenters. The fourth-order valence-corrected chi connectivity index (χ4v) is 12.7. The molecule has 19 heteroatoms. The zero-order valence-electron chi connectivity index (χ0n) is 61.5. The maximum Gasteiger partial charge on any atom is 0.472 e. The molecule has 0 spiro atoms. The molecule has 0 heterocycles. The second-order valence-corrected chi connectivity index (χ2v) is 30.6. The molecule has 0 aromatic heterocycles. The van der Waals surface area contributed by atoms with E-state index in [1.807, 2.05) is 0 Å². The van der Waals surface area contributed by atoms with Crippen molar-refractivity contribution in [2.24, 2.45) is 11.8 Å². The van der Waals surface area contributed by atoms with Crippen molar-refractivity contribution in [2.45, 2.75) is 387 Å². The highest BCUT2D eigenvalue weighted by atomic mass is 31.2. The lowest BCUT2D eigenvalue weighted by Crippen LogP contribution is -2.30. The van der Waals surface area contributed by atoms with Gasteiger partial charge in [-0.3, -0.25) is 37.3 Å². The Morgan fingerprint density at radius 1 is 0.326 bits per heavy atom. The van der Waals surface area contributed by atoms with Crippen molar-refractivity contribution in [2.75, 3.05) is 39.6 Å². The minimum atomic E-state index is -4.96. The van der Waals surface area contributed by atoms with Gasteiger partial charge in [0.15, 0.2) is 12.2 Å². The number of allylic oxidation sites excluding steroid dienone is 4. The van der Waals surface area contributed by atoms with Gasteiger partial charge >= 0.3 is 39.5 Å². The summed E-state index contributed by atoms with van der Waals surface area (Å²) in [6, 6.07) is 0. The lowest BCUT2D eigenvalue weighted by molar-refractivity contribution is -0.161. The number of phosphoric acid groups is 2. The van der Waals surface area contributed by atoms with Crippen LogP contribution in [-0.4, -0.2) is 96.7 Å². The Morgan fingerprint density at radius 2 is 0.568 bits per heavy atom.